The van der Waals surface area contributed by atoms with Crippen LogP contribution in [-0.2, 0) is 4.79 Å². The molecular weight excluding hydrogens is 224 g/mol. The van der Waals surface area contributed by atoms with E-state index in [1.807, 2.05) is 0 Å². The summed E-state index contributed by atoms with van der Waals surface area (Å²) in [5, 5.41) is 3.13. The molecule has 1 atom stereocenters. The third kappa shape index (κ3) is 7.70. The highest BCUT2D eigenvalue weighted by molar-refractivity contribution is 5.78. The number of nitrogens with two attached hydrogens (primary N) is 1. The molecule has 0 fully saturated rings. The molecule has 0 rings (SSSR count). The van der Waals surface area contributed by atoms with Crippen LogP contribution in [0.1, 0.15) is 65.7 Å². The number of carbonyl (C=O) groups is 1. The molecule has 3 heteroatoms. The highest BCUT2D eigenvalue weighted by Crippen LogP contribution is 2.14. The molecule has 18 heavy (non-hydrogen) atoms. The Balaban J connectivity index is 4.08. The smallest absolute Gasteiger partial charge is 0.223 e. The van der Waals surface area contributed by atoms with Gasteiger partial charge in [0.2, 0.25) is 5.91 Å². The summed E-state index contributed by atoms with van der Waals surface area (Å²) in [6, 6.07) is 0. The molecule has 3 N–H and O–H groups in total. The second-order valence-electron chi connectivity index (χ2n) is 5.25. The van der Waals surface area contributed by atoms with Gasteiger partial charge >= 0.3 is 0 Å². The van der Waals surface area contributed by atoms with Crippen LogP contribution < -0.4 is 11.1 Å². The van der Waals surface area contributed by atoms with Crippen molar-refractivity contribution in [3.05, 3.63) is 0 Å². The highest BCUT2D eigenvalue weighted by atomic mass is 16.1. The number of nitrogens with one attached hydrogen (secondary N) is 1. The van der Waals surface area contributed by atoms with Crippen molar-refractivity contribution >= 4 is 5.91 Å². The lowest BCUT2D eigenvalue weighted by atomic mass is 9.96. The Morgan fingerprint density at radius 1 is 1.00 bits per heavy atom. The number of rotatable bonds is 11. The van der Waals surface area contributed by atoms with E-state index >= 15 is 0 Å². The van der Waals surface area contributed by atoms with Gasteiger partial charge in [-0.05, 0) is 38.1 Å². The molecule has 0 spiro atoms. The first-order valence-corrected chi connectivity index (χ1v) is 7.67. The van der Waals surface area contributed by atoms with Crippen molar-refractivity contribution < 1.29 is 4.79 Å². The first kappa shape index (κ1) is 17.4. The first-order chi connectivity index (χ1) is 8.69. The van der Waals surface area contributed by atoms with Crippen LogP contribution >= 0.6 is 0 Å². The van der Waals surface area contributed by atoms with Crippen LogP contribution in [0, 0.1) is 11.8 Å². The second-order valence-corrected chi connectivity index (χ2v) is 5.25. The topological polar surface area (TPSA) is 55.1 Å². The van der Waals surface area contributed by atoms with Crippen molar-refractivity contribution in [2.75, 3.05) is 13.1 Å². The lowest BCUT2D eigenvalue weighted by molar-refractivity contribution is -0.125. The van der Waals surface area contributed by atoms with Crippen molar-refractivity contribution in [3.63, 3.8) is 0 Å². The van der Waals surface area contributed by atoms with Gasteiger partial charge < -0.3 is 11.1 Å². The lowest BCUT2D eigenvalue weighted by Crippen LogP contribution is -2.35. The Hall–Kier alpha value is -0.570. The number of amides is 1. The first-order valence-electron chi connectivity index (χ1n) is 7.67. The molecule has 3 nitrogen and oxygen atoms in total. The van der Waals surface area contributed by atoms with Gasteiger partial charge in [0, 0.05) is 12.5 Å². The second kappa shape index (κ2) is 11.5. The summed E-state index contributed by atoms with van der Waals surface area (Å²) in [6.07, 6.45) is 7.51. The molecule has 0 radical (unpaired) electrons. The molecule has 0 aromatic rings. The Labute approximate surface area is 113 Å². The fourth-order valence-electron chi connectivity index (χ4n) is 2.49. The van der Waals surface area contributed by atoms with Gasteiger partial charge in [0.05, 0.1) is 0 Å². The zero-order valence-electron chi connectivity index (χ0n) is 12.5. The summed E-state index contributed by atoms with van der Waals surface area (Å²) >= 11 is 0. The minimum Gasteiger partial charge on any atom is -0.356 e. The molecule has 0 aliphatic rings. The van der Waals surface area contributed by atoms with Gasteiger partial charge in [-0.25, -0.2) is 0 Å². The Morgan fingerprint density at radius 3 is 2.00 bits per heavy atom. The Morgan fingerprint density at radius 2 is 1.56 bits per heavy atom. The van der Waals surface area contributed by atoms with Crippen molar-refractivity contribution in [1.82, 2.24) is 5.32 Å². The van der Waals surface area contributed by atoms with Crippen LogP contribution in [0.4, 0.5) is 0 Å². The molecule has 0 saturated carbocycles. The van der Waals surface area contributed by atoms with E-state index in [4.69, 9.17) is 5.73 Å². The maximum absolute atomic E-state index is 12.1. The zero-order chi connectivity index (χ0) is 13.8. The van der Waals surface area contributed by atoms with E-state index in [1.54, 1.807) is 0 Å². The summed E-state index contributed by atoms with van der Waals surface area (Å²) in [7, 11) is 0. The van der Waals surface area contributed by atoms with Gasteiger partial charge in [0.1, 0.15) is 0 Å². The molecule has 108 valence electrons. The molecule has 1 amide bonds. The average molecular weight is 256 g/mol. The van der Waals surface area contributed by atoms with Crippen LogP contribution in [-0.4, -0.2) is 19.0 Å². The van der Waals surface area contributed by atoms with E-state index in [1.165, 1.54) is 0 Å². The minimum atomic E-state index is 0.208. The standard InChI is InChI=1S/C15H32N2O/c1-4-7-13(10-11-16)12-17-15(18)14(8-5-2)9-6-3/h13-14H,4-12,16H2,1-3H3,(H,17,18). The fraction of sp³-hybridized carbons (Fsp3) is 0.933. The zero-order valence-corrected chi connectivity index (χ0v) is 12.5. The van der Waals surface area contributed by atoms with E-state index in [0.717, 1.165) is 51.5 Å². The van der Waals surface area contributed by atoms with Crippen molar-refractivity contribution in [3.8, 4) is 0 Å². The summed E-state index contributed by atoms with van der Waals surface area (Å²) in [4.78, 5) is 12.1. The SMILES string of the molecule is CCCC(CCN)CNC(=O)C(CCC)CCC. The van der Waals surface area contributed by atoms with Crippen LogP contribution in [0.5, 0.6) is 0 Å². The third-order valence-corrected chi connectivity index (χ3v) is 3.48. The molecule has 0 bridgehead atoms. The highest BCUT2D eigenvalue weighted by Gasteiger charge is 2.17. The van der Waals surface area contributed by atoms with E-state index < -0.39 is 0 Å². The molecule has 0 aliphatic carbocycles. The monoisotopic (exact) mass is 256 g/mol. The Bertz CT molecular complexity index is 195. The van der Waals surface area contributed by atoms with Gasteiger partial charge in [0.15, 0.2) is 0 Å². The maximum atomic E-state index is 12.1. The minimum absolute atomic E-state index is 0.208. The van der Waals surface area contributed by atoms with Crippen LogP contribution in [0.15, 0.2) is 0 Å². The summed E-state index contributed by atoms with van der Waals surface area (Å²) < 4.78 is 0. The molecule has 0 saturated heterocycles. The van der Waals surface area contributed by atoms with Gasteiger partial charge in [-0.3, -0.25) is 4.79 Å². The van der Waals surface area contributed by atoms with Crippen molar-refractivity contribution in [2.45, 2.75) is 65.7 Å². The third-order valence-electron chi connectivity index (χ3n) is 3.48. The Kier molecular flexibility index (Phi) is 11.2. The summed E-state index contributed by atoms with van der Waals surface area (Å²) in [6.45, 7) is 7.98. The van der Waals surface area contributed by atoms with Gasteiger partial charge in [-0.15, -0.1) is 0 Å². The predicted molar refractivity (Wildman–Crippen MR) is 78.4 cm³/mol. The quantitative estimate of drug-likeness (QED) is 0.597. The summed E-state index contributed by atoms with van der Waals surface area (Å²) in [5.74, 6) is 1.00. The van der Waals surface area contributed by atoms with E-state index in [-0.39, 0.29) is 11.8 Å². The van der Waals surface area contributed by atoms with Crippen LogP contribution in [0.2, 0.25) is 0 Å². The predicted octanol–water partition coefficient (Wildman–Crippen LogP) is 3.08. The number of hydrogen-bond donors (Lipinski definition) is 2. The van der Waals surface area contributed by atoms with E-state index in [9.17, 15) is 4.79 Å². The van der Waals surface area contributed by atoms with Crippen LogP contribution in [0.25, 0.3) is 0 Å². The molecule has 0 aromatic carbocycles. The van der Waals surface area contributed by atoms with Gasteiger partial charge in [-0.2, -0.15) is 0 Å². The van der Waals surface area contributed by atoms with Crippen molar-refractivity contribution in [1.29, 1.82) is 0 Å². The molecular formula is C15H32N2O. The molecule has 0 aliphatic heterocycles. The number of hydrogen-bond acceptors (Lipinski definition) is 2. The molecule has 1 unspecified atom stereocenters. The molecule has 0 aromatic heterocycles. The van der Waals surface area contributed by atoms with Crippen molar-refractivity contribution in [2.24, 2.45) is 17.6 Å². The number of carbonyl (C=O) groups excluding carboxylic acids is 1. The lowest BCUT2D eigenvalue weighted by Gasteiger charge is -2.19. The van der Waals surface area contributed by atoms with Gasteiger partial charge in [0.25, 0.3) is 0 Å². The largest absolute Gasteiger partial charge is 0.356 e. The normalized spacial score (nSPS) is 12.7. The fourth-order valence-corrected chi connectivity index (χ4v) is 2.49. The summed E-state index contributed by atoms with van der Waals surface area (Å²) in [5.41, 5.74) is 5.61. The van der Waals surface area contributed by atoms with E-state index in [0.29, 0.717) is 12.5 Å². The van der Waals surface area contributed by atoms with E-state index in [2.05, 4.69) is 26.1 Å². The van der Waals surface area contributed by atoms with Gasteiger partial charge in [-0.1, -0.05) is 40.0 Å². The molecule has 0 heterocycles. The van der Waals surface area contributed by atoms with Crippen LogP contribution in [0.3, 0.4) is 0 Å². The maximum Gasteiger partial charge on any atom is 0.223 e. The average Bonchev–Trinajstić information content (AvgIpc) is 2.36.